The summed E-state index contributed by atoms with van der Waals surface area (Å²) in [5.74, 6) is -6.08. The van der Waals surface area contributed by atoms with Gasteiger partial charge >= 0.3 is 19.5 Å². The number of hydrogen-bond acceptors (Lipinski definition) is 16. The maximum absolute atomic E-state index is 12.8. The summed E-state index contributed by atoms with van der Waals surface area (Å²) in [6.07, 6.45) is -11.9. The highest BCUT2D eigenvalue weighted by Crippen LogP contribution is 2.51. The molecular weight excluding hydrogens is 593 g/mol. The number of nitrogens with one attached hydrogen (secondary N) is 1. The number of hydrogen-bond donors (Lipinski definition) is 10. The summed E-state index contributed by atoms with van der Waals surface area (Å²) in [5.41, 5.74) is 9.84. The van der Waals surface area contributed by atoms with Crippen molar-refractivity contribution in [1.82, 2.24) is 14.9 Å². The Morgan fingerprint density at radius 3 is 2.50 bits per heavy atom. The van der Waals surface area contributed by atoms with E-state index in [0.717, 1.165) is 17.7 Å². The van der Waals surface area contributed by atoms with Crippen LogP contribution >= 0.6 is 7.82 Å². The molecule has 0 spiro atoms. The van der Waals surface area contributed by atoms with Crippen LogP contribution in [0.5, 0.6) is 0 Å². The molecule has 1 aromatic heterocycles. The summed E-state index contributed by atoms with van der Waals surface area (Å²) in [6.45, 7) is -0.159. The minimum Gasteiger partial charge on any atom is -0.477 e. The van der Waals surface area contributed by atoms with Gasteiger partial charge in [0.25, 0.3) is 5.79 Å². The third-order valence-electron chi connectivity index (χ3n) is 6.00. The highest BCUT2D eigenvalue weighted by Gasteiger charge is 2.58. The lowest BCUT2D eigenvalue weighted by molar-refractivity contribution is -0.288. The normalized spacial score (nSPS) is 27.7. The number of anilines is 1. The minimum absolute atomic E-state index is 0.126. The zero-order valence-corrected chi connectivity index (χ0v) is 23.4. The molecule has 1 fully saturated rings. The van der Waals surface area contributed by atoms with E-state index in [2.05, 4.69) is 10.3 Å². The predicted octanol–water partition coefficient (Wildman–Crippen LogP) is -4.67. The van der Waals surface area contributed by atoms with Crippen molar-refractivity contribution in [3.05, 3.63) is 22.7 Å². The Kier molecular flexibility index (Phi) is 12.5. The van der Waals surface area contributed by atoms with Crippen LogP contribution in [0.4, 0.5) is 5.82 Å². The molecule has 1 aromatic rings. The average Bonchev–Trinajstić information content (AvgIpc) is 2.89. The van der Waals surface area contributed by atoms with E-state index in [1.165, 1.54) is 13.0 Å². The molecule has 42 heavy (non-hydrogen) atoms. The minimum atomic E-state index is -5.49. The molecule has 20 nitrogen and oxygen atoms in total. The van der Waals surface area contributed by atoms with Gasteiger partial charge in [-0.2, -0.15) is 4.98 Å². The zero-order valence-electron chi connectivity index (χ0n) is 22.5. The van der Waals surface area contributed by atoms with Crippen molar-refractivity contribution >= 4 is 25.5 Å². The van der Waals surface area contributed by atoms with E-state index in [0.29, 0.717) is 0 Å². The van der Waals surface area contributed by atoms with Gasteiger partial charge in [-0.1, -0.05) is 0 Å². The van der Waals surface area contributed by atoms with Gasteiger partial charge in [-0.05, 0) is 13.0 Å². The Labute approximate surface area is 238 Å². The highest BCUT2D eigenvalue weighted by atomic mass is 31.2. The second-order valence-corrected chi connectivity index (χ2v) is 10.8. The lowest BCUT2D eigenvalue weighted by atomic mass is 9.88. The molecule has 1 saturated heterocycles. The molecule has 2 unspecified atom stereocenters. The second-order valence-electron chi connectivity index (χ2n) is 9.40. The van der Waals surface area contributed by atoms with E-state index >= 15 is 0 Å². The summed E-state index contributed by atoms with van der Waals surface area (Å²) in [4.78, 5) is 49.9. The molecule has 21 heteroatoms. The number of rotatable bonds is 15. The number of phosphoric acid groups is 1. The smallest absolute Gasteiger partial charge is 0.475 e. The molecule has 0 saturated carbocycles. The molecule has 0 aromatic carbocycles. The maximum atomic E-state index is 12.8. The largest absolute Gasteiger partial charge is 0.477 e. The van der Waals surface area contributed by atoms with E-state index in [4.69, 9.17) is 30.0 Å². The monoisotopic (exact) mass is 629 g/mol. The number of carbonyl (C=O) groups is 2. The van der Waals surface area contributed by atoms with Crippen molar-refractivity contribution in [1.29, 1.82) is 0 Å². The molecule has 10 atom stereocenters. The van der Waals surface area contributed by atoms with Gasteiger partial charge in [-0.3, -0.25) is 13.9 Å². The summed E-state index contributed by atoms with van der Waals surface area (Å²) in [7, 11) is -5.49. The standard InChI is InChI=1S/C21H36N5O15P/c1-9(28)18(26-4-3-14(23)25-20(26)35)39-11(7-27)8-38-42(36,37)41-21(19(33)34)5-12(30)15(24-10(2)29)17(40-21)16(32)13(31)6-22/h3-4,9,11-13,15-18,27-28,30-32H,5-8,22H2,1-2H3,(H,24,29)(H,33,34)(H,36,37)(H2,23,25,35)/t9-,11-,12+,13+,15+,16+,17?,18+,21+/m0/s1. The number of amides is 1. The van der Waals surface area contributed by atoms with Crippen LogP contribution in [0, 0.1) is 0 Å². The first-order valence-electron chi connectivity index (χ1n) is 12.4. The predicted molar refractivity (Wildman–Crippen MR) is 137 cm³/mol. The third-order valence-corrected chi connectivity index (χ3v) is 7.00. The van der Waals surface area contributed by atoms with Gasteiger partial charge in [0.15, 0.2) is 6.23 Å². The number of nitrogens with two attached hydrogens (primary N) is 2. The molecule has 0 bridgehead atoms. The Morgan fingerprint density at radius 2 is 2.00 bits per heavy atom. The van der Waals surface area contributed by atoms with Crippen molar-refractivity contribution in [3.63, 3.8) is 0 Å². The molecule has 2 heterocycles. The van der Waals surface area contributed by atoms with Crippen molar-refractivity contribution < 1.29 is 68.2 Å². The van der Waals surface area contributed by atoms with Crippen LogP contribution in [0.3, 0.4) is 0 Å². The number of carboxylic acid groups (broad SMARTS) is 1. The quantitative estimate of drug-likeness (QED) is 0.0815. The number of phosphoric ester groups is 1. The van der Waals surface area contributed by atoms with Gasteiger partial charge in [0.2, 0.25) is 5.91 Å². The number of ether oxygens (including phenoxy) is 2. The number of aliphatic carboxylic acids is 1. The Hall–Kier alpha value is -2.59. The van der Waals surface area contributed by atoms with Gasteiger partial charge < -0.3 is 61.8 Å². The molecular formula is C21H36N5O15P. The number of nitrogens with zero attached hydrogens (tertiary/aromatic N) is 2. The van der Waals surface area contributed by atoms with Crippen molar-refractivity contribution in [2.45, 2.75) is 74.9 Å². The van der Waals surface area contributed by atoms with Gasteiger partial charge in [-0.25, -0.2) is 18.7 Å². The van der Waals surface area contributed by atoms with E-state index in [1.807, 2.05) is 0 Å². The Balaban J connectivity index is 2.27. The summed E-state index contributed by atoms with van der Waals surface area (Å²) < 4.78 is 34.0. The summed E-state index contributed by atoms with van der Waals surface area (Å²) in [6, 6.07) is -0.290. The van der Waals surface area contributed by atoms with Crippen LogP contribution in [0.2, 0.25) is 0 Å². The van der Waals surface area contributed by atoms with Crippen molar-refractivity contribution in [2.75, 3.05) is 25.5 Å². The van der Waals surface area contributed by atoms with Gasteiger partial charge in [0, 0.05) is 26.1 Å². The highest BCUT2D eigenvalue weighted by molar-refractivity contribution is 7.47. The number of carbonyl (C=O) groups excluding carboxylic acids is 1. The molecule has 12 N–H and O–H groups in total. The molecule has 1 amide bonds. The van der Waals surface area contributed by atoms with Crippen molar-refractivity contribution in [3.8, 4) is 0 Å². The molecule has 1 aliphatic rings. The number of carboxylic acids is 1. The molecule has 2 rings (SSSR count). The molecule has 0 radical (unpaired) electrons. The number of aromatic nitrogens is 2. The van der Waals surface area contributed by atoms with Crippen LogP contribution < -0.4 is 22.5 Å². The summed E-state index contributed by atoms with van der Waals surface area (Å²) in [5, 5.41) is 63.0. The fourth-order valence-electron chi connectivity index (χ4n) is 4.01. The Morgan fingerprint density at radius 1 is 1.36 bits per heavy atom. The third kappa shape index (κ3) is 8.96. The van der Waals surface area contributed by atoms with Gasteiger partial charge in [0.05, 0.1) is 37.6 Å². The maximum Gasteiger partial charge on any atom is 0.475 e. The molecule has 0 aliphatic carbocycles. The van der Waals surface area contributed by atoms with E-state index in [1.54, 1.807) is 0 Å². The van der Waals surface area contributed by atoms with Crippen molar-refractivity contribution in [2.24, 2.45) is 5.73 Å². The number of aliphatic hydroxyl groups excluding tert-OH is 5. The SMILES string of the molecule is CC(=O)N[C@H]1C([C@H](O)[C@H](O)CN)O[C@](OP(=O)(O)OC[C@H](CO)O[C@H]([C@H](C)O)n2ccc(N)nc2=O)(C(=O)O)C[C@H]1O. The first-order chi connectivity index (χ1) is 19.5. The van der Waals surface area contributed by atoms with Gasteiger partial charge in [-0.15, -0.1) is 0 Å². The van der Waals surface area contributed by atoms with E-state index in [-0.39, 0.29) is 5.82 Å². The lowest BCUT2D eigenvalue weighted by Gasteiger charge is -2.46. The summed E-state index contributed by atoms with van der Waals surface area (Å²) >= 11 is 0. The number of nitrogen functional groups attached to an aromatic ring is 1. The van der Waals surface area contributed by atoms with E-state index < -0.39 is 106 Å². The van der Waals surface area contributed by atoms with Crippen LogP contribution in [0.1, 0.15) is 26.5 Å². The lowest BCUT2D eigenvalue weighted by Crippen LogP contribution is -2.67. The molecule has 1 aliphatic heterocycles. The van der Waals surface area contributed by atoms with Crippen LogP contribution in [0.15, 0.2) is 17.1 Å². The average molecular weight is 630 g/mol. The fourth-order valence-corrected chi connectivity index (χ4v) is 4.98. The van der Waals surface area contributed by atoms with Crippen LogP contribution in [-0.2, 0) is 32.7 Å². The molecule has 240 valence electrons. The zero-order chi connectivity index (χ0) is 32.0. The first-order valence-corrected chi connectivity index (χ1v) is 13.9. The van der Waals surface area contributed by atoms with Crippen LogP contribution in [0.25, 0.3) is 0 Å². The Bertz CT molecular complexity index is 1190. The first kappa shape index (κ1) is 35.6. The fraction of sp³-hybridized carbons (Fsp3) is 0.714. The topological polar surface area (TPSA) is 329 Å². The van der Waals surface area contributed by atoms with Crippen LogP contribution in [-0.4, -0.2) is 125 Å². The van der Waals surface area contributed by atoms with E-state index in [9.17, 15) is 54.5 Å². The number of aliphatic hydroxyl groups is 5. The second kappa shape index (κ2) is 14.7. The van der Waals surface area contributed by atoms with Gasteiger partial charge in [0.1, 0.15) is 24.1 Å².